The summed E-state index contributed by atoms with van der Waals surface area (Å²) in [4.78, 5) is 10.1. The molecule has 1 aliphatic rings. The second-order valence-corrected chi connectivity index (χ2v) is 11.3. The summed E-state index contributed by atoms with van der Waals surface area (Å²) in [6, 6.07) is 48.0. The van der Waals surface area contributed by atoms with Crippen LogP contribution in [0.5, 0.6) is 0 Å². The van der Waals surface area contributed by atoms with Gasteiger partial charge in [-0.25, -0.2) is 4.98 Å². The molecule has 0 atom stereocenters. The van der Waals surface area contributed by atoms with Gasteiger partial charge in [-0.05, 0) is 46.8 Å². The van der Waals surface area contributed by atoms with Crippen molar-refractivity contribution in [3.63, 3.8) is 0 Å². The van der Waals surface area contributed by atoms with E-state index in [1.165, 1.54) is 4.90 Å². The van der Waals surface area contributed by atoms with E-state index in [4.69, 9.17) is 9.10 Å². The number of hydrogen-bond donors (Lipinski definition) is 0. The molecule has 0 unspecified atom stereocenters. The summed E-state index contributed by atoms with van der Waals surface area (Å²) < 4.78 is 26.3. The molecule has 0 spiro atoms. The molecule has 0 N–H and O–H groups in total. The van der Waals surface area contributed by atoms with Crippen molar-refractivity contribution in [1.29, 1.82) is 0 Å². The van der Waals surface area contributed by atoms with Gasteiger partial charge < -0.3 is 14.4 Å². The molecule has 0 amide bonds. The van der Waals surface area contributed by atoms with Gasteiger partial charge in [0.15, 0.2) is 0 Å². The largest absolute Gasteiger partial charge is 2.00 e. The van der Waals surface area contributed by atoms with Crippen molar-refractivity contribution >= 4 is 50.6 Å². The van der Waals surface area contributed by atoms with Crippen molar-refractivity contribution in [3.8, 4) is 16.9 Å². The van der Waals surface area contributed by atoms with Crippen LogP contribution in [0.4, 0.5) is 17.1 Å². The van der Waals surface area contributed by atoms with Gasteiger partial charge in [-0.2, -0.15) is 24.3 Å². The Morgan fingerprint density at radius 1 is 0.721 bits per heavy atom. The minimum atomic E-state index is -2.24. The Kier molecular flexibility index (Phi) is 6.41. The van der Waals surface area contributed by atoms with Gasteiger partial charge in [0, 0.05) is 22.8 Å². The molecule has 0 aliphatic carbocycles. The third-order valence-electron chi connectivity index (χ3n) is 7.65. The van der Waals surface area contributed by atoms with E-state index in [0.29, 0.717) is 5.69 Å². The molecule has 0 radical (unpaired) electrons. The summed E-state index contributed by atoms with van der Waals surface area (Å²) >= 11 is 1.58. The van der Waals surface area contributed by atoms with Crippen LogP contribution >= 0.6 is 11.8 Å². The zero-order valence-corrected chi connectivity index (χ0v) is 25.9. The van der Waals surface area contributed by atoms with Crippen LogP contribution in [0.3, 0.4) is 0 Å². The van der Waals surface area contributed by atoms with E-state index in [1.807, 2.05) is 77.8 Å². The summed E-state index contributed by atoms with van der Waals surface area (Å²) in [6.07, 6.45) is 1.86. The predicted molar refractivity (Wildman–Crippen MR) is 174 cm³/mol. The number of nitrogens with zero attached hydrogens (tertiary/aromatic N) is 4. The first-order chi connectivity index (χ1) is 21.9. The number of hydrogen-bond acceptors (Lipinski definition) is 4. The second kappa shape index (κ2) is 11.4. The van der Waals surface area contributed by atoms with Crippen LogP contribution in [-0.2, 0) is 21.1 Å². The number of benzene rings is 5. The first kappa shape index (κ1) is 24.2. The quantitative estimate of drug-likeness (QED) is 0.164. The summed E-state index contributed by atoms with van der Waals surface area (Å²) in [5.41, 5.74) is 6.64. The van der Waals surface area contributed by atoms with Crippen molar-refractivity contribution in [2.75, 3.05) is 23.4 Å². The van der Waals surface area contributed by atoms with Gasteiger partial charge >= 0.3 is 21.1 Å². The molecule has 5 aromatic carbocycles. The normalized spacial score (nSPS) is 13.8. The Bertz CT molecular complexity index is 2200. The summed E-state index contributed by atoms with van der Waals surface area (Å²) in [7, 11) is 0. The van der Waals surface area contributed by atoms with E-state index in [1.54, 1.807) is 11.8 Å². The molecule has 0 saturated carbocycles. The Morgan fingerprint density at radius 3 is 2.40 bits per heavy atom. The molecule has 0 fully saturated rings. The third kappa shape index (κ3) is 4.93. The molecule has 4 nitrogen and oxygen atoms in total. The predicted octanol–water partition coefficient (Wildman–Crippen LogP) is 9.14. The van der Waals surface area contributed by atoms with E-state index in [2.05, 4.69) is 71.3 Å². The van der Waals surface area contributed by atoms with Gasteiger partial charge in [0.1, 0.15) is 5.82 Å². The van der Waals surface area contributed by atoms with E-state index in [0.717, 1.165) is 59.9 Å². The number of aromatic nitrogens is 2. The fourth-order valence-electron chi connectivity index (χ4n) is 5.71. The molecule has 8 rings (SSSR count). The van der Waals surface area contributed by atoms with Gasteiger partial charge in [-0.15, -0.1) is 45.1 Å². The monoisotopic (exact) mass is 756 g/mol. The number of pyridine rings is 1. The summed E-state index contributed by atoms with van der Waals surface area (Å²) in [5.74, 6) is 0.834. The maximum atomic E-state index is 8.05. The molecular weight excluding hydrogens is 728 g/mol. The molecule has 210 valence electrons. The summed E-state index contributed by atoms with van der Waals surface area (Å²) in [6.45, 7) is -2.01. The SMILES string of the molecule is [2H]C([2H])([2H])N1CN(c2[c-]c(Sc3[c-]c4c(cc3)c3ccccc3n4-c3cc(-c4ccccc4)ccn3)ccc2)c2ccccc21.[Pt+2]. The molecule has 6 heteroatoms. The fraction of sp³-hybridized carbons (Fsp3) is 0.0541. The molecule has 0 saturated heterocycles. The van der Waals surface area contributed by atoms with Gasteiger partial charge in [-0.3, -0.25) is 0 Å². The van der Waals surface area contributed by atoms with Crippen LogP contribution in [0.25, 0.3) is 38.8 Å². The zero-order chi connectivity index (χ0) is 30.5. The molecule has 3 heterocycles. The molecular formula is C37H26N4PtS. The van der Waals surface area contributed by atoms with E-state index in [-0.39, 0.29) is 27.7 Å². The molecule has 43 heavy (non-hydrogen) atoms. The van der Waals surface area contributed by atoms with Gasteiger partial charge in [0.25, 0.3) is 0 Å². The second-order valence-electron chi connectivity index (χ2n) is 10.2. The number of fused-ring (bicyclic) bond motifs is 4. The average Bonchev–Trinajstić information content (AvgIpc) is 3.62. The Morgan fingerprint density at radius 2 is 1.51 bits per heavy atom. The van der Waals surface area contributed by atoms with Crippen LogP contribution in [0.2, 0.25) is 0 Å². The fourth-order valence-corrected chi connectivity index (χ4v) is 6.54. The standard InChI is InChI=1S/C37H26N4S.Pt/c1-39-25-40(35-17-8-7-16-34(35)39)28-12-9-13-29(23-28)42-30-18-19-32-31-14-5-6-15-33(31)41(36(32)24-30)37-22-27(20-21-38-37)26-10-3-2-4-11-26;/h2-22H,25H2,1H3;/q-2;+2/i1D3;. The minimum absolute atomic E-state index is 0. The van der Waals surface area contributed by atoms with Crippen LogP contribution in [0.1, 0.15) is 4.11 Å². The van der Waals surface area contributed by atoms with E-state index in [9.17, 15) is 0 Å². The van der Waals surface area contributed by atoms with E-state index < -0.39 is 6.98 Å². The Hall–Kier alpha value is -4.31. The van der Waals surface area contributed by atoms with Crippen molar-refractivity contribution in [2.24, 2.45) is 0 Å². The number of rotatable bonds is 5. The van der Waals surface area contributed by atoms with Crippen molar-refractivity contribution in [2.45, 2.75) is 9.79 Å². The van der Waals surface area contributed by atoms with Crippen molar-refractivity contribution in [1.82, 2.24) is 9.55 Å². The Labute approximate surface area is 274 Å². The van der Waals surface area contributed by atoms with Gasteiger partial charge in [-0.1, -0.05) is 71.9 Å². The smallest absolute Gasteiger partial charge is 0.355 e. The van der Waals surface area contributed by atoms with Crippen LogP contribution in [0.15, 0.2) is 137 Å². The minimum Gasteiger partial charge on any atom is -0.355 e. The number of para-hydroxylation sites is 3. The average molecular weight is 757 g/mol. The summed E-state index contributed by atoms with van der Waals surface area (Å²) in [5, 5.41) is 2.25. The van der Waals surface area contributed by atoms with Crippen LogP contribution in [-0.4, -0.2) is 23.2 Å². The molecule has 7 aromatic rings. The molecule has 0 bridgehead atoms. The van der Waals surface area contributed by atoms with Gasteiger partial charge in [0.2, 0.25) is 0 Å². The number of anilines is 3. The zero-order valence-electron chi connectivity index (χ0n) is 25.8. The maximum absolute atomic E-state index is 8.05. The third-order valence-corrected chi connectivity index (χ3v) is 8.56. The first-order valence-electron chi connectivity index (χ1n) is 15.3. The molecule has 1 aliphatic heterocycles. The first-order valence-corrected chi connectivity index (χ1v) is 14.6. The topological polar surface area (TPSA) is 24.3 Å². The van der Waals surface area contributed by atoms with Gasteiger partial charge in [0.05, 0.1) is 18.0 Å². The Balaban J connectivity index is 0.00000338. The van der Waals surface area contributed by atoms with Crippen LogP contribution < -0.4 is 9.80 Å². The molecule has 2 aromatic heterocycles. The van der Waals surface area contributed by atoms with Crippen LogP contribution in [0, 0.1) is 12.1 Å². The van der Waals surface area contributed by atoms with Crippen molar-refractivity contribution in [3.05, 3.63) is 140 Å². The van der Waals surface area contributed by atoms with E-state index >= 15 is 0 Å². The maximum Gasteiger partial charge on any atom is 2.00 e. The van der Waals surface area contributed by atoms with Crippen molar-refractivity contribution < 1.29 is 25.2 Å².